The van der Waals surface area contributed by atoms with Crippen molar-refractivity contribution in [3.8, 4) is 22.3 Å². The van der Waals surface area contributed by atoms with E-state index in [0.717, 1.165) is 0 Å². The minimum absolute atomic E-state index is 0.224. The van der Waals surface area contributed by atoms with E-state index in [1.807, 2.05) is 0 Å². The van der Waals surface area contributed by atoms with Gasteiger partial charge >= 0.3 is 53.5 Å². The number of fused-ring (bicyclic) bond motifs is 6. The summed E-state index contributed by atoms with van der Waals surface area (Å²) in [6, 6.07) is 62.8. The zero-order valence-corrected chi connectivity index (χ0v) is 40.1. The van der Waals surface area contributed by atoms with Crippen molar-refractivity contribution in [2.24, 2.45) is 0 Å². The van der Waals surface area contributed by atoms with Crippen LogP contribution < -0.4 is 0 Å². The zero-order valence-electron chi connectivity index (χ0n) is 35.2. The van der Waals surface area contributed by atoms with Crippen LogP contribution >= 0.6 is 17.0 Å². The van der Waals surface area contributed by atoms with E-state index in [4.69, 9.17) is 17.0 Å². The van der Waals surface area contributed by atoms with Crippen molar-refractivity contribution in [3.05, 3.63) is 181 Å². The Kier molecular flexibility index (Phi) is 13.9. The number of benzene rings is 8. The fraction of sp³-hybridized carbons (Fsp3) is 0.179. The molecule has 0 aliphatic rings. The van der Waals surface area contributed by atoms with Gasteiger partial charge in [0, 0.05) is 0 Å². The van der Waals surface area contributed by atoms with Gasteiger partial charge in [-0.1, -0.05) is 160 Å². The molecule has 0 aliphatic carbocycles. The number of unbranched alkanes of at least 4 members (excludes halogenated alkanes) is 2. The van der Waals surface area contributed by atoms with Gasteiger partial charge in [0.05, 0.1) is 0 Å². The van der Waals surface area contributed by atoms with Crippen LogP contribution in [-0.4, -0.2) is 5.43 Å². The summed E-state index contributed by atoms with van der Waals surface area (Å²) < 4.78 is 0. The Morgan fingerprint density at radius 1 is 0.433 bits per heavy atom. The summed E-state index contributed by atoms with van der Waals surface area (Å²) in [5, 5.41) is 16.0. The van der Waals surface area contributed by atoms with E-state index in [2.05, 4.69) is 197 Å². The van der Waals surface area contributed by atoms with Gasteiger partial charge in [0.15, 0.2) is 0 Å². The number of rotatable bonds is 8. The normalized spacial score (nSPS) is 11.2. The van der Waals surface area contributed by atoms with E-state index in [9.17, 15) is 0 Å². The molecule has 10 rings (SSSR count). The van der Waals surface area contributed by atoms with Crippen molar-refractivity contribution in [2.45, 2.75) is 65.5 Å². The van der Waals surface area contributed by atoms with Gasteiger partial charge < -0.3 is 0 Å². The van der Waals surface area contributed by atoms with Gasteiger partial charge in [-0.15, -0.1) is 69.1 Å². The van der Waals surface area contributed by atoms with Gasteiger partial charge in [0.2, 0.25) is 0 Å². The molecule has 0 saturated heterocycles. The molecule has 0 bridgehead atoms. The molecule has 0 atom stereocenters. The fourth-order valence-electron chi connectivity index (χ4n) is 8.69. The van der Waals surface area contributed by atoms with Gasteiger partial charge in [-0.2, -0.15) is 12.1 Å². The number of aryl methyl sites for hydroxylation is 2. The Bertz CT molecular complexity index is 2800. The van der Waals surface area contributed by atoms with Crippen molar-refractivity contribution in [3.63, 3.8) is 0 Å². The number of hydrogen-bond acceptors (Lipinski definition) is 0. The zero-order chi connectivity index (χ0) is 41.6. The molecule has 0 amide bonds. The van der Waals surface area contributed by atoms with Crippen LogP contribution in [0, 0.1) is 0 Å². The molecule has 10 aromatic carbocycles. The standard InChI is InChI=1S/2C27H23.C2H6Si.2ClH.Zr/c2*1-2-3-9-19-16-20-12-8-15-25(26(20)17-19)27-23-13-6-4-10-21(23)18-22-11-5-7-14-24(22)27;1-3-2;;;/h2*4-8,10-18H,2-3,9H2,1H3;1-2H3;2*1H;/q2*-1;;;;+2/p-2. The van der Waals surface area contributed by atoms with Gasteiger partial charge in [0.25, 0.3) is 0 Å². The Morgan fingerprint density at radius 2 is 0.767 bits per heavy atom. The molecule has 0 N–H and O–H groups in total. The van der Waals surface area contributed by atoms with Crippen LogP contribution in [0.5, 0.6) is 0 Å². The molecule has 0 spiro atoms. The van der Waals surface area contributed by atoms with Gasteiger partial charge in [-0.05, 0) is 79.2 Å². The molecule has 300 valence electrons. The van der Waals surface area contributed by atoms with Crippen LogP contribution in [0.1, 0.15) is 50.7 Å². The van der Waals surface area contributed by atoms with E-state index >= 15 is 0 Å². The van der Waals surface area contributed by atoms with E-state index in [-0.39, 0.29) is 5.43 Å². The third kappa shape index (κ3) is 9.15. The summed E-state index contributed by atoms with van der Waals surface area (Å²) in [5.41, 5.74) is 8.13. The van der Waals surface area contributed by atoms with Crippen molar-refractivity contribution in [1.29, 1.82) is 0 Å². The third-order valence-electron chi connectivity index (χ3n) is 11.7. The second-order valence-corrected chi connectivity index (χ2v) is 39.2. The maximum absolute atomic E-state index is 5.62. The summed E-state index contributed by atoms with van der Waals surface area (Å²) >= 11 is -1.65. The average Bonchev–Trinajstić information content (AvgIpc) is 3.91. The van der Waals surface area contributed by atoms with Crippen LogP contribution in [0.15, 0.2) is 170 Å². The molecule has 0 nitrogen and oxygen atoms in total. The molecule has 0 unspecified atom stereocenters. The summed E-state index contributed by atoms with van der Waals surface area (Å²) in [5.74, 6) is 0. The molecule has 0 radical (unpaired) electrons. The summed E-state index contributed by atoms with van der Waals surface area (Å²) in [7, 11) is 11.2. The van der Waals surface area contributed by atoms with E-state index in [0.29, 0.717) is 0 Å². The first kappa shape index (κ1) is 42.4. The summed E-state index contributed by atoms with van der Waals surface area (Å²) in [4.78, 5) is 0. The fourth-order valence-corrected chi connectivity index (χ4v) is 8.69. The average molecular weight is 915 g/mol. The molecule has 10 aromatic rings. The molecule has 0 heterocycles. The third-order valence-corrected chi connectivity index (χ3v) is 31.5. The minimum atomic E-state index is -1.65. The van der Waals surface area contributed by atoms with Crippen molar-refractivity contribution in [1.82, 2.24) is 0 Å². The van der Waals surface area contributed by atoms with E-state index in [1.165, 1.54) is 137 Å². The summed E-state index contributed by atoms with van der Waals surface area (Å²) in [6.07, 6.45) is 7.32. The Labute approximate surface area is 370 Å². The Morgan fingerprint density at radius 3 is 1.08 bits per heavy atom. The Hall–Kier alpha value is -4.30. The molecule has 0 aliphatic heterocycles. The molecule has 0 saturated carbocycles. The number of hydrogen-bond donors (Lipinski definition) is 0. The predicted molar refractivity (Wildman–Crippen MR) is 266 cm³/mol. The van der Waals surface area contributed by atoms with Crippen molar-refractivity contribution < 1.29 is 18.0 Å². The molecular weight excluding hydrogens is 863 g/mol. The SMILES string of the molecule is CCCCc1cc2c(-c3c4ccccc4cc4ccccc34)cccc2[cH-]1.CCCCc1cc2c(-c3c4ccccc4cc4ccccc34)cccc2[cH-]1.C[Si](C)=[Zr]([Cl])[Cl]. The topological polar surface area (TPSA) is 0 Å². The Balaban J connectivity index is 0.000000147. The monoisotopic (exact) mass is 912 g/mol. The molecule has 4 heteroatoms. The second-order valence-electron chi connectivity index (χ2n) is 16.2. The first-order valence-electron chi connectivity index (χ1n) is 21.5. The molecule has 0 fully saturated rings. The van der Waals surface area contributed by atoms with Crippen molar-refractivity contribution in [2.75, 3.05) is 0 Å². The van der Waals surface area contributed by atoms with Crippen LogP contribution in [0.25, 0.3) is 86.9 Å². The molecule has 0 aromatic heterocycles. The summed E-state index contributed by atoms with van der Waals surface area (Å²) in [6.45, 7) is 8.85. The maximum atomic E-state index is 5.62. The number of halogens is 2. The van der Waals surface area contributed by atoms with Crippen molar-refractivity contribution >= 4 is 87.1 Å². The van der Waals surface area contributed by atoms with Crippen LogP contribution in [0.2, 0.25) is 13.1 Å². The van der Waals surface area contributed by atoms with E-state index in [1.54, 1.807) is 0 Å². The van der Waals surface area contributed by atoms with Gasteiger partial charge in [-0.25, -0.2) is 0 Å². The molecular formula is C56H52Cl2SiZr-2. The first-order valence-corrected chi connectivity index (χ1v) is 34.0. The second kappa shape index (κ2) is 19.6. The van der Waals surface area contributed by atoms with Gasteiger partial charge in [-0.3, -0.25) is 0 Å². The quantitative estimate of drug-likeness (QED) is 0.0809. The van der Waals surface area contributed by atoms with Crippen LogP contribution in [0.4, 0.5) is 0 Å². The van der Waals surface area contributed by atoms with Crippen LogP contribution in [0.3, 0.4) is 0 Å². The predicted octanol–water partition coefficient (Wildman–Crippen LogP) is 17.9. The van der Waals surface area contributed by atoms with Crippen LogP contribution in [-0.2, 0) is 30.8 Å². The van der Waals surface area contributed by atoms with E-state index < -0.39 is 18.0 Å². The molecule has 60 heavy (non-hydrogen) atoms. The van der Waals surface area contributed by atoms with Gasteiger partial charge in [0.1, 0.15) is 0 Å². The first-order chi connectivity index (χ1) is 29.3.